The zero-order valence-corrected chi connectivity index (χ0v) is 13.8. The smallest absolute Gasteiger partial charge is 0.246 e. The Hall–Kier alpha value is -1.18. The van der Waals surface area contributed by atoms with Crippen molar-refractivity contribution in [2.75, 3.05) is 38.6 Å². The molecule has 2 aliphatic heterocycles. The van der Waals surface area contributed by atoms with Crippen LogP contribution in [-0.2, 0) is 10.0 Å². The maximum absolute atomic E-state index is 12.9. The van der Waals surface area contributed by atoms with Gasteiger partial charge >= 0.3 is 0 Å². The fourth-order valence-corrected chi connectivity index (χ4v) is 5.29. The van der Waals surface area contributed by atoms with Gasteiger partial charge in [-0.05, 0) is 30.9 Å². The summed E-state index contributed by atoms with van der Waals surface area (Å²) in [5.41, 5.74) is 0. The van der Waals surface area contributed by atoms with Crippen LogP contribution in [0.15, 0.2) is 23.2 Å². The Morgan fingerprint density at radius 2 is 1.95 bits per heavy atom. The van der Waals surface area contributed by atoms with E-state index in [1.54, 1.807) is 29.7 Å². The molecule has 3 heterocycles. The van der Waals surface area contributed by atoms with Crippen molar-refractivity contribution in [1.82, 2.24) is 14.2 Å². The van der Waals surface area contributed by atoms with Crippen LogP contribution in [0.3, 0.4) is 0 Å². The summed E-state index contributed by atoms with van der Waals surface area (Å²) < 4.78 is 27.4. The summed E-state index contributed by atoms with van der Waals surface area (Å²) >= 11 is 0. The van der Waals surface area contributed by atoms with Gasteiger partial charge in [0.2, 0.25) is 10.0 Å². The molecule has 1 aliphatic carbocycles. The molecule has 1 saturated carbocycles. The van der Waals surface area contributed by atoms with Gasteiger partial charge in [-0.3, -0.25) is 4.90 Å². The Kier molecular flexibility index (Phi) is 3.22. The lowest BCUT2D eigenvalue weighted by atomic mass is 10.1. The van der Waals surface area contributed by atoms with Crippen LogP contribution in [0.1, 0.15) is 12.8 Å². The lowest BCUT2D eigenvalue weighted by Crippen LogP contribution is -2.48. The highest BCUT2D eigenvalue weighted by atomic mass is 32.2. The van der Waals surface area contributed by atoms with E-state index in [2.05, 4.69) is 14.8 Å². The van der Waals surface area contributed by atoms with Crippen LogP contribution in [0.25, 0.3) is 0 Å². The average Bonchev–Trinajstić information content (AvgIpc) is 3.23. The van der Waals surface area contributed by atoms with Gasteiger partial charge in [-0.15, -0.1) is 0 Å². The normalized spacial score (nSPS) is 31.6. The summed E-state index contributed by atoms with van der Waals surface area (Å²) in [4.78, 5) is 9.16. The quantitative estimate of drug-likeness (QED) is 0.799. The highest BCUT2D eigenvalue weighted by Gasteiger charge is 2.47. The monoisotopic (exact) mass is 322 g/mol. The summed E-state index contributed by atoms with van der Waals surface area (Å²) in [6.07, 6.45) is 4.31. The standard InChI is InChI=1S/C15H22N4O2S/c1-17-12-9-19(8-11-5-6-11)10-13(12)18(2)22(20,21)14-4-3-7-16-15(14)17/h3-4,7,11-13H,5-6,8-10H2,1-2H3/t12-,13-/m0/s1. The minimum absolute atomic E-state index is 0.0112. The third-order valence-electron chi connectivity index (χ3n) is 5.25. The van der Waals surface area contributed by atoms with Crippen molar-refractivity contribution in [2.45, 2.75) is 29.8 Å². The van der Waals surface area contributed by atoms with E-state index in [0.717, 1.165) is 25.6 Å². The van der Waals surface area contributed by atoms with Gasteiger partial charge in [0.1, 0.15) is 10.7 Å². The van der Waals surface area contributed by atoms with Crippen LogP contribution in [0.2, 0.25) is 0 Å². The summed E-state index contributed by atoms with van der Waals surface area (Å²) in [6.45, 7) is 2.83. The molecular formula is C15H22N4O2S. The maximum atomic E-state index is 12.9. The lowest BCUT2D eigenvalue weighted by Gasteiger charge is -2.29. The zero-order valence-electron chi connectivity index (χ0n) is 13.0. The molecule has 0 N–H and O–H groups in total. The molecule has 0 bridgehead atoms. The number of hydrogen-bond acceptors (Lipinski definition) is 5. The highest BCUT2D eigenvalue weighted by molar-refractivity contribution is 7.89. The largest absolute Gasteiger partial charge is 0.353 e. The van der Waals surface area contributed by atoms with Crippen LogP contribution in [-0.4, -0.2) is 68.4 Å². The number of anilines is 1. The predicted molar refractivity (Wildman–Crippen MR) is 84.3 cm³/mol. The Morgan fingerprint density at radius 1 is 1.23 bits per heavy atom. The molecule has 1 aromatic rings. The van der Waals surface area contributed by atoms with Crippen molar-refractivity contribution in [1.29, 1.82) is 0 Å². The van der Waals surface area contributed by atoms with E-state index in [0.29, 0.717) is 10.7 Å². The zero-order chi connectivity index (χ0) is 15.5. The highest BCUT2D eigenvalue weighted by Crippen LogP contribution is 2.37. The number of likely N-dealkylation sites (tertiary alicyclic amines) is 1. The van der Waals surface area contributed by atoms with E-state index >= 15 is 0 Å². The molecular weight excluding hydrogens is 300 g/mol. The van der Waals surface area contributed by atoms with E-state index in [4.69, 9.17) is 0 Å². The van der Waals surface area contributed by atoms with Crippen molar-refractivity contribution in [3.05, 3.63) is 18.3 Å². The second kappa shape index (κ2) is 4.91. The second-order valence-electron chi connectivity index (χ2n) is 6.75. The van der Waals surface area contributed by atoms with E-state index in [1.165, 1.54) is 12.8 Å². The first kappa shape index (κ1) is 14.4. The van der Waals surface area contributed by atoms with Crippen LogP contribution in [0.4, 0.5) is 5.82 Å². The van der Waals surface area contributed by atoms with Gasteiger partial charge in [0.15, 0.2) is 0 Å². The number of fused-ring (bicyclic) bond motifs is 2. The first-order chi connectivity index (χ1) is 10.5. The number of aromatic nitrogens is 1. The van der Waals surface area contributed by atoms with Crippen LogP contribution in [0, 0.1) is 5.92 Å². The molecule has 0 aromatic carbocycles. The first-order valence-electron chi connectivity index (χ1n) is 7.86. The molecule has 6 nitrogen and oxygen atoms in total. The fourth-order valence-electron chi connectivity index (χ4n) is 3.74. The molecule has 22 heavy (non-hydrogen) atoms. The number of rotatable bonds is 2. The van der Waals surface area contributed by atoms with Crippen molar-refractivity contribution in [2.24, 2.45) is 5.92 Å². The van der Waals surface area contributed by atoms with Crippen molar-refractivity contribution < 1.29 is 8.42 Å². The Labute approximate surface area is 131 Å². The second-order valence-corrected chi connectivity index (χ2v) is 8.72. The third-order valence-corrected chi connectivity index (χ3v) is 7.16. The van der Waals surface area contributed by atoms with Crippen molar-refractivity contribution in [3.8, 4) is 0 Å². The van der Waals surface area contributed by atoms with Crippen LogP contribution in [0.5, 0.6) is 0 Å². The van der Waals surface area contributed by atoms with Crippen LogP contribution >= 0.6 is 0 Å². The molecule has 4 rings (SSSR count). The molecule has 1 saturated heterocycles. The van der Waals surface area contributed by atoms with Crippen molar-refractivity contribution in [3.63, 3.8) is 0 Å². The van der Waals surface area contributed by atoms with Gasteiger partial charge in [-0.2, -0.15) is 4.31 Å². The molecule has 2 fully saturated rings. The fraction of sp³-hybridized carbons (Fsp3) is 0.667. The SMILES string of the molecule is CN1c2ncccc2S(=O)(=O)N(C)[C@H]2CN(CC3CC3)C[C@@H]21. The average molecular weight is 322 g/mol. The molecule has 0 spiro atoms. The molecule has 0 radical (unpaired) electrons. The van der Waals surface area contributed by atoms with Crippen LogP contribution < -0.4 is 4.90 Å². The van der Waals surface area contributed by atoms with Gasteiger partial charge in [0, 0.05) is 39.9 Å². The minimum Gasteiger partial charge on any atom is -0.353 e. The molecule has 120 valence electrons. The molecule has 3 aliphatic rings. The van der Waals surface area contributed by atoms with E-state index in [1.807, 2.05) is 7.05 Å². The summed E-state index contributed by atoms with van der Waals surface area (Å²) in [5.74, 6) is 1.40. The number of likely N-dealkylation sites (N-methyl/N-ethyl adjacent to an activating group) is 2. The molecule has 1 aromatic heterocycles. The molecule has 0 unspecified atom stereocenters. The number of sulfonamides is 1. The summed E-state index contributed by atoms with van der Waals surface area (Å²) in [5, 5.41) is 0. The maximum Gasteiger partial charge on any atom is 0.246 e. The number of pyridine rings is 1. The number of nitrogens with zero attached hydrogens (tertiary/aromatic N) is 4. The van der Waals surface area contributed by atoms with E-state index in [-0.39, 0.29) is 12.1 Å². The Balaban J connectivity index is 1.73. The topological polar surface area (TPSA) is 56.8 Å². The summed E-state index contributed by atoms with van der Waals surface area (Å²) in [6, 6.07) is 3.50. The summed E-state index contributed by atoms with van der Waals surface area (Å²) in [7, 11) is 0.205. The van der Waals surface area contributed by atoms with Gasteiger partial charge < -0.3 is 4.90 Å². The van der Waals surface area contributed by atoms with Gasteiger partial charge in [0.05, 0.1) is 12.1 Å². The van der Waals surface area contributed by atoms with Gasteiger partial charge in [-0.1, -0.05) is 0 Å². The molecule has 0 amide bonds. The molecule has 2 atom stereocenters. The lowest BCUT2D eigenvalue weighted by molar-refractivity contribution is 0.295. The van der Waals surface area contributed by atoms with Gasteiger partial charge in [-0.25, -0.2) is 13.4 Å². The third kappa shape index (κ3) is 2.14. The first-order valence-corrected chi connectivity index (χ1v) is 9.30. The van der Waals surface area contributed by atoms with Crippen molar-refractivity contribution >= 4 is 15.8 Å². The van der Waals surface area contributed by atoms with Gasteiger partial charge in [0.25, 0.3) is 0 Å². The molecule has 7 heteroatoms. The Morgan fingerprint density at radius 3 is 2.68 bits per heavy atom. The Bertz CT molecular complexity index is 689. The minimum atomic E-state index is -3.48. The van der Waals surface area contributed by atoms with E-state index in [9.17, 15) is 8.42 Å². The number of hydrogen-bond donors (Lipinski definition) is 0. The predicted octanol–water partition coefficient (Wildman–Crippen LogP) is 0.615. The van der Waals surface area contributed by atoms with E-state index < -0.39 is 10.0 Å².